The molecule has 0 bridgehead atoms. The van der Waals surface area contributed by atoms with E-state index in [2.05, 4.69) is 37.4 Å². The van der Waals surface area contributed by atoms with Crippen LogP contribution in [0.2, 0.25) is 0 Å². The Morgan fingerprint density at radius 3 is 2.12 bits per heavy atom. The number of aliphatic hydroxyl groups is 2. The van der Waals surface area contributed by atoms with Crippen molar-refractivity contribution in [3.63, 3.8) is 0 Å². The van der Waals surface area contributed by atoms with Gasteiger partial charge in [0.05, 0.1) is 18.2 Å². The van der Waals surface area contributed by atoms with E-state index < -0.39 is 18.1 Å². The maximum Gasteiger partial charge on any atom is 0.236 e. The highest BCUT2D eigenvalue weighted by Gasteiger charge is 2.39. The van der Waals surface area contributed by atoms with Crippen LogP contribution in [0.1, 0.15) is 112 Å². The van der Waals surface area contributed by atoms with Crippen molar-refractivity contribution in [2.45, 2.75) is 130 Å². The Bertz CT molecular complexity index is 892. The Morgan fingerprint density at radius 1 is 0.930 bits per heavy atom. The zero-order valence-corrected chi connectivity index (χ0v) is 27.5. The number of nitrogens with zero attached hydrogens (tertiary/aromatic N) is 2. The van der Waals surface area contributed by atoms with Gasteiger partial charge in [-0.1, -0.05) is 41.0 Å². The lowest BCUT2D eigenvalue weighted by molar-refractivity contribution is -0.139. The van der Waals surface area contributed by atoms with Crippen molar-refractivity contribution in [1.82, 2.24) is 20.7 Å². The lowest BCUT2D eigenvalue weighted by Gasteiger charge is -2.37. The smallest absolute Gasteiger partial charge is 0.236 e. The number of terminal acetylenes is 1. The quantitative estimate of drug-likeness (QED) is 0.148. The molecular weight excluding hydrogens is 544 g/mol. The molecule has 43 heavy (non-hydrogen) atoms. The van der Waals surface area contributed by atoms with Crippen molar-refractivity contribution in [2.24, 2.45) is 29.6 Å². The summed E-state index contributed by atoms with van der Waals surface area (Å²) in [4.78, 5) is 41.8. The fourth-order valence-electron chi connectivity index (χ4n) is 6.53. The van der Waals surface area contributed by atoms with Crippen molar-refractivity contribution in [3.8, 4) is 12.3 Å². The maximum absolute atomic E-state index is 13.8. The number of unbranched alkanes of at least 4 members (excludes halogenated alkanes) is 1. The predicted molar refractivity (Wildman–Crippen MR) is 170 cm³/mol. The highest BCUT2D eigenvalue weighted by atomic mass is 16.3. The van der Waals surface area contributed by atoms with Gasteiger partial charge in [-0.25, -0.2) is 5.01 Å². The molecule has 2 aliphatic rings. The van der Waals surface area contributed by atoms with Gasteiger partial charge < -0.3 is 20.4 Å². The number of hydrogen-bond acceptors (Lipinski definition) is 6. The van der Waals surface area contributed by atoms with Crippen LogP contribution in [0, 0.1) is 41.9 Å². The minimum atomic E-state index is -0.908. The maximum atomic E-state index is 13.8. The number of carbonyl (C=O) groups is 3. The number of carbonyl (C=O) groups excluding carboxylic acids is 3. The first-order valence-corrected chi connectivity index (χ1v) is 17.0. The molecule has 0 aromatic carbocycles. The third-order valence-corrected chi connectivity index (χ3v) is 9.14. The van der Waals surface area contributed by atoms with Gasteiger partial charge in [-0.2, -0.15) is 0 Å². The van der Waals surface area contributed by atoms with Crippen LogP contribution in [0.15, 0.2) is 0 Å². The van der Waals surface area contributed by atoms with E-state index in [1.807, 2.05) is 18.7 Å². The first-order valence-electron chi connectivity index (χ1n) is 17.0. The Morgan fingerprint density at radius 2 is 1.56 bits per heavy atom. The van der Waals surface area contributed by atoms with Gasteiger partial charge >= 0.3 is 0 Å². The molecule has 2 saturated carbocycles. The average molecular weight is 605 g/mol. The molecule has 0 radical (unpaired) electrons. The second kappa shape index (κ2) is 19.3. The van der Waals surface area contributed by atoms with Crippen LogP contribution >= 0.6 is 0 Å². The third-order valence-electron chi connectivity index (χ3n) is 9.14. The van der Waals surface area contributed by atoms with Crippen molar-refractivity contribution in [3.05, 3.63) is 0 Å². The van der Waals surface area contributed by atoms with Gasteiger partial charge in [0.25, 0.3) is 0 Å². The highest BCUT2D eigenvalue weighted by molar-refractivity contribution is 5.83. The minimum Gasteiger partial charge on any atom is -0.393 e. The molecule has 2 aliphatic carbocycles. The normalized spacial score (nSPS) is 25.5. The summed E-state index contributed by atoms with van der Waals surface area (Å²) >= 11 is 0. The Labute approximate surface area is 260 Å². The summed E-state index contributed by atoms with van der Waals surface area (Å²) in [6.45, 7) is 12.1. The van der Waals surface area contributed by atoms with E-state index >= 15 is 0 Å². The van der Waals surface area contributed by atoms with Crippen molar-refractivity contribution >= 4 is 17.7 Å². The Hall–Kier alpha value is -2.15. The molecule has 246 valence electrons. The van der Waals surface area contributed by atoms with Crippen molar-refractivity contribution in [1.29, 1.82) is 0 Å². The van der Waals surface area contributed by atoms with E-state index in [4.69, 9.17) is 6.42 Å². The summed E-state index contributed by atoms with van der Waals surface area (Å²) in [6.07, 6.45) is 13.5. The van der Waals surface area contributed by atoms with E-state index in [0.717, 1.165) is 51.4 Å². The van der Waals surface area contributed by atoms with Gasteiger partial charge in [0.2, 0.25) is 17.7 Å². The minimum absolute atomic E-state index is 0.0891. The number of aliphatic hydroxyl groups excluding tert-OH is 2. The first-order chi connectivity index (χ1) is 20.5. The standard InChI is InChI=1S/C34H60N4O5/c1-7-11-18-38(36-32(41)24(5)6)23-31(40)30(21-26-12-14-29(39)15-13-26)35-33(42)27-19-25(10-4)20-28(22-27)34(43)37(16-8-2)17-9-3/h4,24-31,39-40H,7-9,11-23H2,1-3,5-6H3,(H,35,42)(H,36,41). The monoisotopic (exact) mass is 604 g/mol. The number of rotatable bonds is 17. The molecule has 9 heteroatoms. The van der Waals surface area contributed by atoms with E-state index in [-0.39, 0.29) is 54.0 Å². The second-order valence-electron chi connectivity index (χ2n) is 13.3. The fourth-order valence-corrected chi connectivity index (χ4v) is 6.53. The number of amides is 3. The molecule has 2 rings (SSSR count). The van der Waals surface area contributed by atoms with Crippen LogP contribution in [0.3, 0.4) is 0 Å². The summed E-state index contributed by atoms with van der Waals surface area (Å²) < 4.78 is 0. The molecular formula is C34H60N4O5. The van der Waals surface area contributed by atoms with Gasteiger partial charge in [0.15, 0.2) is 0 Å². The predicted octanol–water partition coefficient (Wildman–Crippen LogP) is 3.88. The fraction of sp³-hybridized carbons (Fsp3) is 0.853. The summed E-state index contributed by atoms with van der Waals surface area (Å²) in [5.74, 6) is 1.87. The molecule has 0 heterocycles. The molecule has 0 spiro atoms. The lowest BCUT2D eigenvalue weighted by Crippen LogP contribution is -2.55. The Kier molecular flexibility index (Phi) is 16.6. The lowest BCUT2D eigenvalue weighted by atomic mass is 9.74. The molecule has 0 aromatic rings. The topological polar surface area (TPSA) is 122 Å². The summed E-state index contributed by atoms with van der Waals surface area (Å²) in [6, 6.07) is -0.523. The molecule has 0 aliphatic heterocycles. The summed E-state index contributed by atoms with van der Waals surface area (Å²) in [5, 5.41) is 26.5. The van der Waals surface area contributed by atoms with Gasteiger partial charge in [-0.05, 0) is 76.5 Å². The second-order valence-corrected chi connectivity index (χ2v) is 13.3. The van der Waals surface area contributed by atoms with E-state index in [0.29, 0.717) is 45.3 Å². The van der Waals surface area contributed by atoms with Gasteiger partial charge in [0, 0.05) is 49.9 Å². The van der Waals surface area contributed by atoms with Crippen molar-refractivity contribution in [2.75, 3.05) is 26.2 Å². The molecule has 9 nitrogen and oxygen atoms in total. The van der Waals surface area contributed by atoms with Crippen LogP contribution in [0.4, 0.5) is 0 Å². The molecule has 0 aromatic heterocycles. The number of hydrazine groups is 1. The van der Waals surface area contributed by atoms with E-state index in [1.165, 1.54) is 0 Å². The largest absolute Gasteiger partial charge is 0.393 e. The van der Waals surface area contributed by atoms with Crippen LogP contribution < -0.4 is 10.7 Å². The third kappa shape index (κ3) is 12.4. The number of nitrogens with one attached hydrogen (secondary N) is 2. The van der Waals surface area contributed by atoms with Crippen LogP contribution in [0.5, 0.6) is 0 Å². The summed E-state index contributed by atoms with van der Waals surface area (Å²) in [7, 11) is 0. The van der Waals surface area contributed by atoms with Gasteiger partial charge in [-0.15, -0.1) is 12.3 Å². The van der Waals surface area contributed by atoms with Crippen LogP contribution in [0.25, 0.3) is 0 Å². The first kappa shape index (κ1) is 37.0. The molecule has 5 atom stereocenters. The van der Waals surface area contributed by atoms with E-state index in [9.17, 15) is 24.6 Å². The summed E-state index contributed by atoms with van der Waals surface area (Å²) in [5.41, 5.74) is 2.95. The van der Waals surface area contributed by atoms with E-state index in [1.54, 1.807) is 5.01 Å². The number of hydrogen-bond donors (Lipinski definition) is 4. The van der Waals surface area contributed by atoms with Gasteiger partial charge in [-0.3, -0.25) is 19.8 Å². The molecule has 0 saturated heterocycles. The van der Waals surface area contributed by atoms with Crippen LogP contribution in [-0.2, 0) is 14.4 Å². The highest BCUT2D eigenvalue weighted by Crippen LogP contribution is 2.35. The average Bonchev–Trinajstić information content (AvgIpc) is 2.99. The molecule has 2 fully saturated rings. The SMILES string of the molecule is C#CC1CC(C(=O)NC(CC2CCC(O)CC2)C(O)CN(CCCC)NC(=O)C(C)C)CC(C(=O)N(CCC)CCC)C1. The molecule has 3 amide bonds. The van der Waals surface area contributed by atoms with Gasteiger partial charge in [0.1, 0.15) is 0 Å². The zero-order chi connectivity index (χ0) is 31.9. The van der Waals surface area contributed by atoms with Crippen LogP contribution in [-0.4, -0.2) is 82.3 Å². The molecule has 4 N–H and O–H groups in total. The Balaban J connectivity index is 2.21. The zero-order valence-electron chi connectivity index (χ0n) is 27.5. The molecule has 5 unspecified atom stereocenters. The van der Waals surface area contributed by atoms with Crippen molar-refractivity contribution < 1.29 is 24.6 Å².